The van der Waals surface area contributed by atoms with E-state index in [0.717, 1.165) is 43.8 Å². The van der Waals surface area contributed by atoms with Gasteiger partial charge in [-0.2, -0.15) is 23.7 Å². The average molecular weight is 780 g/mol. The van der Waals surface area contributed by atoms with E-state index in [4.69, 9.17) is 6.57 Å². The first kappa shape index (κ1) is 36.0. The molecule has 0 fully saturated rings. The third-order valence-electron chi connectivity index (χ3n) is 11.2. The fourth-order valence-corrected chi connectivity index (χ4v) is 8.45. The number of nitrogens with zero attached hydrogens (tertiary/aromatic N) is 5. The van der Waals surface area contributed by atoms with E-state index < -0.39 is 11.7 Å². The maximum absolute atomic E-state index is 15.5. The number of hydrogen-bond acceptors (Lipinski definition) is 2. The Labute approximate surface area is 342 Å². The van der Waals surface area contributed by atoms with Crippen molar-refractivity contribution in [3.63, 3.8) is 0 Å². The number of benzene rings is 8. The molecule has 8 heteroatoms. The number of aromatic nitrogens is 2. The van der Waals surface area contributed by atoms with Gasteiger partial charge < -0.3 is 9.13 Å². The SMILES string of the molecule is [C-]#[N+]c1ccc(-c2ccc3c4ccccc4n(-c4cc(C(F)(F)F)cc(-n5c6ccccc6c6ccc(-c7ccc(C#N)cc7)cc65)c4-c4cccc(C#N)c4)c3c2)cc1. The van der Waals surface area contributed by atoms with Crippen LogP contribution in [0.3, 0.4) is 0 Å². The molecule has 0 spiro atoms. The molecule has 0 atom stereocenters. The second-order valence-corrected chi connectivity index (χ2v) is 14.6. The lowest BCUT2D eigenvalue weighted by molar-refractivity contribution is -0.137. The lowest BCUT2D eigenvalue weighted by atomic mass is 9.96. The highest BCUT2D eigenvalue weighted by Gasteiger charge is 2.34. The van der Waals surface area contributed by atoms with Crippen LogP contribution in [0, 0.1) is 29.2 Å². The van der Waals surface area contributed by atoms with Crippen molar-refractivity contribution in [3.05, 3.63) is 198 Å². The van der Waals surface area contributed by atoms with Gasteiger partial charge in [-0.3, -0.25) is 0 Å². The van der Waals surface area contributed by atoms with Gasteiger partial charge in [-0.25, -0.2) is 4.85 Å². The molecule has 0 radical (unpaired) electrons. The molecule has 282 valence electrons. The number of nitriles is 2. The van der Waals surface area contributed by atoms with Crippen molar-refractivity contribution in [1.29, 1.82) is 10.5 Å². The van der Waals surface area contributed by atoms with Crippen molar-refractivity contribution in [3.8, 4) is 56.9 Å². The van der Waals surface area contributed by atoms with Gasteiger partial charge in [0.2, 0.25) is 0 Å². The summed E-state index contributed by atoms with van der Waals surface area (Å²) in [7, 11) is 0. The Morgan fingerprint density at radius 1 is 0.450 bits per heavy atom. The lowest BCUT2D eigenvalue weighted by Gasteiger charge is -2.23. The van der Waals surface area contributed by atoms with Crippen molar-refractivity contribution in [2.45, 2.75) is 6.18 Å². The summed E-state index contributed by atoms with van der Waals surface area (Å²) in [5.74, 6) is 0. The van der Waals surface area contributed by atoms with Gasteiger partial charge in [0.1, 0.15) is 0 Å². The highest BCUT2D eigenvalue weighted by molar-refractivity contribution is 6.13. The summed E-state index contributed by atoms with van der Waals surface area (Å²) in [6.07, 6.45) is -4.74. The quantitative estimate of drug-likeness (QED) is 0.163. The molecule has 0 unspecified atom stereocenters. The minimum absolute atomic E-state index is 0.287. The minimum atomic E-state index is -4.74. The van der Waals surface area contributed by atoms with Crippen LogP contribution in [0.4, 0.5) is 18.9 Å². The summed E-state index contributed by atoms with van der Waals surface area (Å²) in [6.45, 7) is 7.42. The Bertz CT molecular complexity index is 3300. The third-order valence-corrected chi connectivity index (χ3v) is 11.2. The normalized spacial score (nSPS) is 11.5. The van der Waals surface area contributed by atoms with Crippen LogP contribution in [0.25, 0.3) is 93.2 Å². The number of rotatable bonds is 5. The molecule has 0 amide bonds. The van der Waals surface area contributed by atoms with E-state index in [9.17, 15) is 10.5 Å². The Hall–Kier alpha value is -8.38. The largest absolute Gasteiger partial charge is 0.416 e. The van der Waals surface area contributed by atoms with E-state index in [1.165, 1.54) is 12.1 Å². The fraction of sp³-hybridized carbons (Fsp3) is 0.0192. The van der Waals surface area contributed by atoms with Crippen LogP contribution in [0.5, 0.6) is 0 Å². The van der Waals surface area contributed by atoms with Crippen LogP contribution in [-0.4, -0.2) is 9.13 Å². The van der Waals surface area contributed by atoms with Crippen molar-refractivity contribution in [1.82, 2.24) is 9.13 Å². The molecule has 0 saturated carbocycles. The molecular weight excluding hydrogens is 752 g/mol. The van der Waals surface area contributed by atoms with E-state index in [-0.39, 0.29) is 11.4 Å². The Morgan fingerprint density at radius 3 is 1.43 bits per heavy atom. The van der Waals surface area contributed by atoms with E-state index in [1.807, 2.05) is 124 Å². The standard InChI is InChI=1S/C52H28F3N5/c1-58-40-21-17-35(18-22-40)37-20-24-44-42-10-3-5-12-46(42)60(48(44)27-37)50-29-39(52(53,54)55)28-49(51(50)38-8-6-7-33(25-38)31-57)59-45-11-4-2-9-41(45)43-23-19-36(26-47(43)59)34-15-13-32(30-56)14-16-34/h2-29H. The summed E-state index contributed by atoms with van der Waals surface area (Å²) < 4.78 is 50.4. The van der Waals surface area contributed by atoms with Crippen molar-refractivity contribution in [2.75, 3.05) is 0 Å². The number of fused-ring (bicyclic) bond motifs is 6. The zero-order chi connectivity index (χ0) is 41.1. The first-order chi connectivity index (χ1) is 29.2. The predicted octanol–water partition coefficient (Wildman–Crippen LogP) is 14.2. The van der Waals surface area contributed by atoms with Gasteiger partial charge in [-0.15, -0.1) is 0 Å². The molecule has 2 aromatic heterocycles. The smallest absolute Gasteiger partial charge is 0.309 e. The summed E-state index contributed by atoms with van der Waals surface area (Å²) in [5, 5.41) is 23.0. The number of alkyl halides is 3. The predicted molar refractivity (Wildman–Crippen MR) is 232 cm³/mol. The second-order valence-electron chi connectivity index (χ2n) is 14.6. The second kappa shape index (κ2) is 13.9. The van der Waals surface area contributed by atoms with Crippen molar-refractivity contribution in [2.24, 2.45) is 0 Å². The lowest BCUT2D eigenvalue weighted by Crippen LogP contribution is -2.11. The highest BCUT2D eigenvalue weighted by atomic mass is 19.4. The molecule has 0 N–H and O–H groups in total. The molecule has 8 aromatic carbocycles. The van der Waals surface area contributed by atoms with Gasteiger partial charge in [-0.05, 0) is 88.5 Å². The number of para-hydroxylation sites is 2. The molecule has 2 heterocycles. The van der Waals surface area contributed by atoms with E-state index >= 15 is 13.2 Å². The maximum Gasteiger partial charge on any atom is 0.416 e. The highest BCUT2D eigenvalue weighted by Crippen LogP contribution is 2.46. The molecule has 5 nitrogen and oxygen atoms in total. The minimum Gasteiger partial charge on any atom is -0.309 e. The summed E-state index contributed by atoms with van der Waals surface area (Å²) in [5.41, 5.74) is 8.36. The molecule has 60 heavy (non-hydrogen) atoms. The van der Waals surface area contributed by atoms with Crippen molar-refractivity contribution >= 4 is 49.3 Å². The molecule has 0 aliphatic rings. The van der Waals surface area contributed by atoms with Gasteiger partial charge in [-0.1, -0.05) is 109 Å². The van der Waals surface area contributed by atoms with Gasteiger partial charge in [0.05, 0.1) is 68.8 Å². The van der Waals surface area contributed by atoms with Crippen molar-refractivity contribution < 1.29 is 13.2 Å². The van der Waals surface area contributed by atoms with Crippen LogP contribution in [0.2, 0.25) is 0 Å². The van der Waals surface area contributed by atoms with E-state index in [2.05, 4.69) is 17.0 Å². The van der Waals surface area contributed by atoms with Crippen LogP contribution in [-0.2, 0) is 6.18 Å². The summed E-state index contributed by atoms with van der Waals surface area (Å²) in [6, 6.07) is 55.6. The molecule has 0 bridgehead atoms. The van der Waals surface area contributed by atoms with E-state index in [0.29, 0.717) is 50.0 Å². The topological polar surface area (TPSA) is 61.8 Å². The number of halogens is 3. The molecule has 0 saturated heterocycles. The summed E-state index contributed by atoms with van der Waals surface area (Å²) in [4.78, 5) is 3.53. The third kappa shape index (κ3) is 5.85. The Morgan fingerprint density at radius 2 is 0.933 bits per heavy atom. The summed E-state index contributed by atoms with van der Waals surface area (Å²) >= 11 is 0. The Kier molecular flexibility index (Phi) is 8.35. The van der Waals surface area contributed by atoms with Crippen LogP contribution >= 0.6 is 0 Å². The monoisotopic (exact) mass is 779 g/mol. The first-order valence-corrected chi connectivity index (χ1v) is 19.1. The molecular formula is C52H28F3N5. The Balaban J connectivity index is 1.37. The average Bonchev–Trinajstić information content (AvgIpc) is 3.80. The maximum atomic E-state index is 15.5. The molecule has 10 aromatic rings. The molecule has 10 rings (SSSR count). The van der Waals surface area contributed by atoms with E-state index in [1.54, 1.807) is 42.5 Å². The van der Waals surface area contributed by atoms with Gasteiger partial charge in [0.25, 0.3) is 0 Å². The van der Waals surface area contributed by atoms with Crippen LogP contribution < -0.4 is 0 Å². The van der Waals surface area contributed by atoms with Gasteiger partial charge in [0, 0.05) is 27.1 Å². The molecule has 0 aliphatic carbocycles. The van der Waals surface area contributed by atoms with Crippen LogP contribution in [0.1, 0.15) is 16.7 Å². The van der Waals surface area contributed by atoms with Gasteiger partial charge in [0.15, 0.2) is 5.69 Å². The number of hydrogen-bond donors (Lipinski definition) is 0. The fourth-order valence-electron chi connectivity index (χ4n) is 8.45. The zero-order valence-electron chi connectivity index (χ0n) is 31.5. The van der Waals surface area contributed by atoms with Crippen LogP contribution in [0.15, 0.2) is 170 Å². The molecule has 0 aliphatic heterocycles. The zero-order valence-corrected chi connectivity index (χ0v) is 31.5. The first-order valence-electron chi connectivity index (χ1n) is 19.1. The van der Waals surface area contributed by atoms with Gasteiger partial charge >= 0.3 is 6.18 Å².